The Morgan fingerprint density at radius 1 is 1.38 bits per heavy atom. The number of nitrogens with zero attached hydrogens (tertiary/aromatic N) is 4. The maximum atomic E-state index is 4.64. The molecule has 0 aliphatic rings. The second-order valence-corrected chi connectivity index (χ2v) is 7.08. The summed E-state index contributed by atoms with van der Waals surface area (Å²) in [5, 5.41) is 15.7. The zero-order valence-electron chi connectivity index (χ0n) is 12.6. The Labute approximate surface area is 127 Å². The highest BCUT2D eigenvalue weighted by atomic mass is 32.1. The fraction of sp³-hybridized carbons (Fsp3) is 0.500. The Balaban J connectivity index is 1.56. The van der Waals surface area contributed by atoms with Crippen LogP contribution in [0.5, 0.6) is 0 Å². The van der Waals surface area contributed by atoms with Crippen molar-refractivity contribution in [3.63, 3.8) is 0 Å². The summed E-state index contributed by atoms with van der Waals surface area (Å²) in [6.07, 6.45) is 5.83. The summed E-state index contributed by atoms with van der Waals surface area (Å²) in [6, 6.07) is 2.01. The standard InChI is InChI=1S/C14H20N6S/c1-14(2,3)11-9-20-13(17-11)21-12(19-20)15-7-4-5-10-6-8-16-18-10/h6,8-9H,4-5,7H2,1-3H3,(H,15,19)(H,16,18). The third-order valence-corrected chi connectivity index (χ3v) is 4.15. The van der Waals surface area contributed by atoms with E-state index in [2.05, 4.69) is 46.4 Å². The lowest BCUT2D eigenvalue weighted by atomic mass is 9.93. The van der Waals surface area contributed by atoms with Gasteiger partial charge < -0.3 is 5.32 Å². The molecule has 0 saturated heterocycles. The van der Waals surface area contributed by atoms with Crippen LogP contribution in [0.1, 0.15) is 38.6 Å². The van der Waals surface area contributed by atoms with Gasteiger partial charge in [-0.05, 0) is 18.9 Å². The lowest BCUT2D eigenvalue weighted by Crippen LogP contribution is -2.11. The number of H-pyrrole nitrogens is 1. The molecule has 0 fully saturated rings. The number of hydrogen-bond donors (Lipinski definition) is 2. The molecule has 0 bridgehead atoms. The highest BCUT2D eigenvalue weighted by Crippen LogP contribution is 2.25. The fourth-order valence-corrected chi connectivity index (χ4v) is 2.84. The maximum Gasteiger partial charge on any atom is 0.214 e. The highest BCUT2D eigenvalue weighted by Gasteiger charge is 2.19. The second-order valence-electron chi connectivity index (χ2n) is 6.12. The molecule has 0 aliphatic heterocycles. The minimum Gasteiger partial charge on any atom is -0.360 e. The summed E-state index contributed by atoms with van der Waals surface area (Å²) >= 11 is 1.59. The van der Waals surface area contributed by atoms with Gasteiger partial charge in [-0.3, -0.25) is 5.10 Å². The summed E-state index contributed by atoms with van der Waals surface area (Å²) in [5.41, 5.74) is 2.30. The number of aromatic nitrogens is 5. The minimum atomic E-state index is 0.0606. The van der Waals surface area contributed by atoms with Gasteiger partial charge in [-0.25, -0.2) is 9.50 Å². The minimum absolute atomic E-state index is 0.0606. The van der Waals surface area contributed by atoms with Crippen molar-refractivity contribution in [2.24, 2.45) is 0 Å². The van der Waals surface area contributed by atoms with Gasteiger partial charge in [0.15, 0.2) is 0 Å². The molecule has 0 aliphatic carbocycles. The van der Waals surface area contributed by atoms with Crippen molar-refractivity contribution in [2.75, 3.05) is 11.9 Å². The normalized spacial score (nSPS) is 12.1. The second kappa shape index (κ2) is 5.48. The number of aromatic amines is 1. The summed E-state index contributed by atoms with van der Waals surface area (Å²) in [7, 11) is 0. The van der Waals surface area contributed by atoms with E-state index in [-0.39, 0.29) is 5.41 Å². The van der Waals surface area contributed by atoms with Gasteiger partial charge in [-0.1, -0.05) is 32.1 Å². The van der Waals surface area contributed by atoms with Crippen molar-refractivity contribution in [3.05, 3.63) is 29.8 Å². The zero-order chi connectivity index (χ0) is 14.9. The predicted octanol–water partition coefficient (Wildman–Crippen LogP) is 2.86. The molecule has 0 spiro atoms. The molecule has 0 atom stereocenters. The molecular formula is C14H20N6S. The average molecular weight is 304 g/mol. The number of hydrogen-bond acceptors (Lipinski definition) is 5. The van der Waals surface area contributed by atoms with Crippen LogP contribution < -0.4 is 5.32 Å². The molecule has 21 heavy (non-hydrogen) atoms. The summed E-state index contributed by atoms with van der Waals surface area (Å²) < 4.78 is 1.86. The third kappa shape index (κ3) is 3.24. The van der Waals surface area contributed by atoms with Gasteiger partial charge in [-0.2, -0.15) is 5.10 Å². The van der Waals surface area contributed by atoms with Gasteiger partial charge in [0, 0.05) is 23.9 Å². The quantitative estimate of drug-likeness (QED) is 0.711. The molecule has 2 N–H and O–H groups in total. The Hall–Kier alpha value is -1.89. The smallest absolute Gasteiger partial charge is 0.214 e. The van der Waals surface area contributed by atoms with Crippen molar-refractivity contribution < 1.29 is 0 Å². The summed E-state index contributed by atoms with van der Waals surface area (Å²) in [6.45, 7) is 7.37. The molecule has 0 aromatic carbocycles. The van der Waals surface area contributed by atoms with Gasteiger partial charge >= 0.3 is 0 Å². The molecule has 3 rings (SSSR count). The van der Waals surface area contributed by atoms with Crippen LogP contribution >= 0.6 is 11.3 Å². The van der Waals surface area contributed by atoms with E-state index in [1.165, 1.54) is 5.69 Å². The topological polar surface area (TPSA) is 70.9 Å². The van der Waals surface area contributed by atoms with Gasteiger partial charge in [0.05, 0.1) is 11.9 Å². The first kappa shape index (κ1) is 14.1. The molecule has 0 saturated carbocycles. The number of nitrogens with one attached hydrogen (secondary N) is 2. The first-order valence-electron chi connectivity index (χ1n) is 7.11. The van der Waals surface area contributed by atoms with E-state index in [4.69, 9.17) is 0 Å². The van der Waals surface area contributed by atoms with Crippen molar-refractivity contribution in [2.45, 2.75) is 39.0 Å². The van der Waals surface area contributed by atoms with Gasteiger partial charge in [0.25, 0.3) is 0 Å². The van der Waals surface area contributed by atoms with Crippen LogP contribution in [0.4, 0.5) is 5.13 Å². The van der Waals surface area contributed by atoms with Crippen molar-refractivity contribution in [3.8, 4) is 0 Å². The number of anilines is 1. The van der Waals surface area contributed by atoms with Crippen LogP contribution in [-0.2, 0) is 11.8 Å². The molecule has 112 valence electrons. The van der Waals surface area contributed by atoms with Crippen molar-refractivity contribution in [1.82, 2.24) is 24.8 Å². The third-order valence-electron chi connectivity index (χ3n) is 3.27. The van der Waals surface area contributed by atoms with Crippen LogP contribution in [0.2, 0.25) is 0 Å². The lowest BCUT2D eigenvalue weighted by Gasteiger charge is -2.13. The molecule has 0 radical (unpaired) electrons. The molecule has 0 amide bonds. The van der Waals surface area contributed by atoms with Crippen LogP contribution in [-0.4, -0.2) is 31.3 Å². The van der Waals surface area contributed by atoms with Crippen LogP contribution in [0, 0.1) is 0 Å². The molecule has 3 aromatic heterocycles. The largest absolute Gasteiger partial charge is 0.360 e. The Kier molecular flexibility index (Phi) is 3.67. The van der Waals surface area contributed by atoms with E-state index in [0.717, 1.165) is 35.2 Å². The average Bonchev–Trinajstić information content (AvgIpc) is 3.08. The lowest BCUT2D eigenvalue weighted by molar-refractivity contribution is 0.572. The van der Waals surface area contributed by atoms with E-state index in [1.807, 2.05) is 16.8 Å². The van der Waals surface area contributed by atoms with Crippen LogP contribution in [0.3, 0.4) is 0 Å². The Bertz CT molecular complexity index is 672. The number of aryl methyl sites for hydroxylation is 1. The van der Waals surface area contributed by atoms with E-state index >= 15 is 0 Å². The molecular weight excluding hydrogens is 284 g/mol. The van der Waals surface area contributed by atoms with Crippen LogP contribution in [0.25, 0.3) is 4.96 Å². The van der Waals surface area contributed by atoms with Crippen LogP contribution in [0.15, 0.2) is 18.5 Å². The molecule has 7 heteroatoms. The predicted molar refractivity (Wildman–Crippen MR) is 85.0 cm³/mol. The first-order valence-corrected chi connectivity index (χ1v) is 7.93. The first-order chi connectivity index (χ1) is 10.0. The highest BCUT2D eigenvalue weighted by molar-refractivity contribution is 7.20. The van der Waals surface area contributed by atoms with Crippen molar-refractivity contribution in [1.29, 1.82) is 0 Å². The number of imidazole rings is 1. The zero-order valence-corrected chi connectivity index (χ0v) is 13.4. The number of rotatable bonds is 5. The van der Waals surface area contributed by atoms with Crippen molar-refractivity contribution >= 4 is 21.4 Å². The van der Waals surface area contributed by atoms with E-state index in [0.29, 0.717) is 0 Å². The SMILES string of the molecule is CC(C)(C)c1cn2nc(NCCCc3ccn[nH]3)sc2n1. The Morgan fingerprint density at radius 2 is 2.24 bits per heavy atom. The fourth-order valence-electron chi connectivity index (χ4n) is 2.03. The molecule has 0 unspecified atom stereocenters. The molecule has 3 heterocycles. The maximum absolute atomic E-state index is 4.64. The van der Waals surface area contributed by atoms with Gasteiger partial charge in [0.1, 0.15) is 0 Å². The number of fused-ring (bicyclic) bond motifs is 1. The molecule has 3 aromatic rings. The van der Waals surface area contributed by atoms with Gasteiger partial charge in [0.2, 0.25) is 10.1 Å². The monoisotopic (exact) mass is 304 g/mol. The summed E-state index contributed by atoms with van der Waals surface area (Å²) in [5.74, 6) is 0. The Morgan fingerprint density at radius 3 is 2.90 bits per heavy atom. The van der Waals surface area contributed by atoms with E-state index in [1.54, 1.807) is 17.5 Å². The van der Waals surface area contributed by atoms with E-state index in [9.17, 15) is 0 Å². The van der Waals surface area contributed by atoms with E-state index < -0.39 is 0 Å². The van der Waals surface area contributed by atoms with Gasteiger partial charge in [-0.15, -0.1) is 5.10 Å². The molecule has 6 nitrogen and oxygen atoms in total. The summed E-state index contributed by atoms with van der Waals surface area (Å²) in [4.78, 5) is 5.58.